The summed E-state index contributed by atoms with van der Waals surface area (Å²) in [5, 5.41) is 18.8. The van der Waals surface area contributed by atoms with Gasteiger partial charge in [0, 0.05) is 18.7 Å². The van der Waals surface area contributed by atoms with E-state index in [1.54, 1.807) is 32.2 Å². The van der Waals surface area contributed by atoms with Crippen LogP contribution < -0.4 is 4.74 Å². The molecule has 1 rings (SSSR count). The fraction of sp³-hybridized carbons (Fsp3) is 0.500. The van der Waals surface area contributed by atoms with Gasteiger partial charge in [-0.25, -0.2) is 0 Å². The Kier molecular flexibility index (Phi) is 5.63. The van der Waals surface area contributed by atoms with E-state index in [0.29, 0.717) is 25.4 Å². The van der Waals surface area contributed by atoms with E-state index in [1.807, 2.05) is 11.8 Å². The third-order valence-electron chi connectivity index (χ3n) is 3.08. The summed E-state index contributed by atoms with van der Waals surface area (Å²) in [6, 6.07) is 5.04. The number of phenols is 1. The molecular formula is C14H21NO4. The first-order chi connectivity index (χ1) is 8.97. The predicted molar refractivity (Wildman–Crippen MR) is 72.4 cm³/mol. The quantitative estimate of drug-likeness (QED) is 0.790. The van der Waals surface area contributed by atoms with E-state index in [9.17, 15) is 9.90 Å². The molecule has 1 aromatic carbocycles. The number of aromatic hydroxyl groups is 1. The molecule has 0 spiro atoms. The second-order valence-corrected chi connectivity index (χ2v) is 4.56. The Morgan fingerprint density at radius 3 is 2.68 bits per heavy atom. The Morgan fingerprint density at radius 2 is 2.16 bits per heavy atom. The van der Waals surface area contributed by atoms with Crippen molar-refractivity contribution in [1.29, 1.82) is 0 Å². The first kappa shape index (κ1) is 15.3. The van der Waals surface area contributed by atoms with Gasteiger partial charge in [0.05, 0.1) is 13.0 Å². The lowest BCUT2D eigenvalue weighted by Crippen LogP contribution is -2.31. The van der Waals surface area contributed by atoms with E-state index in [-0.39, 0.29) is 5.75 Å². The zero-order valence-corrected chi connectivity index (χ0v) is 11.6. The van der Waals surface area contributed by atoms with Gasteiger partial charge in [-0.2, -0.15) is 0 Å². The number of carboxylic acids is 1. The molecule has 5 nitrogen and oxygen atoms in total. The van der Waals surface area contributed by atoms with Crippen LogP contribution in [0.2, 0.25) is 0 Å². The van der Waals surface area contributed by atoms with Gasteiger partial charge in [-0.1, -0.05) is 13.8 Å². The normalized spacial score (nSPS) is 12.4. The zero-order valence-electron chi connectivity index (χ0n) is 11.6. The highest BCUT2D eigenvalue weighted by molar-refractivity contribution is 5.69. The molecule has 0 aliphatic heterocycles. The van der Waals surface area contributed by atoms with Crippen molar-refractivity contribution in [3.63, 3.8) is 0 Å². The van der Waals surface area contributed by atoms with Gasteiger partial charge < -0.3 is 14.9 Å². The van der Waals surface area contributed by atoms with Gasteiger partial charge in [0.2, 0.25) is 0 Å². The molecule has 1 atom stereocenters. The van der Waals surface area contributed by atoms with Crippen LogP contribution >= 0.6 is 0 Å². The van der Waals surface area contributed by atoms with Gasteiger partial charge in [0.25, 0.3) is 0 Å². The molecule has 0 aliphatic carbocycles. The van der Waals surface area contributed by atoms with Crippen LogP contribution in [0.5, 0.6) is 11.5 Å². The minimum atomic E-state index is -0.812. The van der Waals surface area contributed by atoms with Gasteiger partial charge >= 0.3 is 5.97 Å². The lowest BCUT2D eigenvalue weighted by molar-refractivity contribution is -0.141. The van der Waals surface area contributed by atoms with E-state index in [2.05, 4.69) is 0 Å². The Bertz CT molecular complexity index is 433. The average Bonchev–Trinajstić information content (AvgIpc) is 2.39. The van der Waals surface area contributed by atoms with Crippen molar-refractivity contribution in [2.24, 2.45) is 5.92 Å². The largest absolute Gasteiger partial charge is 0.508 e. The molecule has 0 radical (unpaired) electrons. The molecule has 0 fully saturated rings. The Balaban J connectivity index is 2.77. The summed E-state index contributed by atoms with van der Waals surface area (Å²) < 4.78 is 5.12. The van der Waals surface area contributed by atoms with Crippen LogP contribution in [-0.4, -0.2) is 41.3 Å². The summed E-state index contributed by atoms with van der Waals surface area (Å²) in [6.45, 7) is 5.30. The molecule has 0 aromatic heterocycles. The number of hydrogen-bond donors (Lipinski definition) is 2. The summed E-state index contributed by atoms with van der Waals surface area (Å²) >= 11 is 0. The number of benzene rings is 1. The van der Waals surface area contributed by atoms with Crippen molar-refractivity contribution in [2.75, 3.05) is 20.2 Å². The molecule has 0 bridgehead atoms. The third kappa shape index (κ3) is 4.44. The highest BCUT2D eigenvalue weighted by Gasteiger charge is 2.16. The van der Waals surface area contributed by atoms with Crippen LogP contribution in [0, 0.1) is 5.92 Å². The third-order valence-corrected chi connectivity index (χ3v) is 3.08. The molecule has 19 heavy (non-hydrogen) atoms. The molecule has 0 amide bonds. The Morgan fingerprint density at radius 1 is 1.47 bits per heavy atom. The van der Waals surface area contributed by atoms with Gasteiger partial charge in [-0.3, -0.25) is 9.69 Å². The monoisotopic (exact) mass is 267 g/mol. The smallest absolute Gasteiger partial charge is 0.307 e. The number of carboxylic acid groups (broad SMARTS) is 1. The van der Waals surface area contributed by atoms with Crippen LogP contribution in [0.25, 0.3) is 0 Å². The number of rotatable bonds is 7. The second kappa shape index (κ2) is 6.99. The number of nitrogens with zero attached hydrogens (tertiary/aromatic N) is 1. The maximum atomic E-state index is 10.9. The molecule has 0 heterocycles. The summed E-state index contributed by atoms with van der Waals surface area (Å²) in [6.07, 6.45) is 0. The predicted octanol–water partition coefficient (Wildman–Crippen LogP) is 1.94. The Hall–Kier alpha value is -1.75. The summed E-state index contributed by atoms with van der Waals surface area (Å²) in [5.41, 5.74) is 0.735. The highest BCUT2D eigenvalue weighted by Crippen LogP contribution is 2.24. The molecule has 0 saturated heterocycles. The molecule has 0 saturated carbocycles. The fourth-order valence-corrected chi connectivity index (χ4v) is 1.83. The molecule has 5 heteroatoms. The van der Waals surface area contributed by atoms with Crippen molar-refractivity contribution in [1.82, 2.24) is 4.90 Å². The summed E-state index contributed by atoms with van der Waals surface area (Å²) in [4.78, 5) is 12.9. The van der Waals surface area contributed by atoms with Crippen LogP contribution in [0.4, 0.5) is 0 Å². The van der Waals surface area contributed by atoms with E-state index >= 15 is 0 Å². The van der Waals surface area contributed by atoms with E-state index in [0.717, 1.165) is 5.56 Å². The van der Waals surface area contributed by atoms with Crippen molar-refractivity contribution in [2.45, 2.75) is 20.4 Å². The second-order valence-electron chi connectivity index (χ2n) is 4.56. The number of hydrogen-bond acceptors (Lipinski definition) is 4. The summed E-state index contributed by atoms with van der Waals surface area (Å²) in [7, 11) is 1.57. The van der Waals surface area contributed by atoms with Gasteiger partial charge in [0.15, 0.2) is 0 Å². The summed E-state index contributed by atoms with van der Waals surface area (Å²) in [5.74, 6) is -0.377. The van der Waals surface area contributed by atoms with Crippen molar-refractivity contribution in [3.05, 3.63) is 23.8 Å². The standard InChI is InChI=1S/C14H21NO4/c1-4-15(8-10(2)14(17)18)9-11-7-12(19-3)5-6-13(11)16/h5-7,10,16H,4,8-9H2,1-3H3,(H,17,18). The van der Waals surface area contributed by atoms with E-state index in [4.69, 9.17) is 9.84 Å². The first-order valence-electron chi connectivity index (χ1n) is 6.29. The highest BCUT2D eigenvalue weighted by atomic mass is 16.5. The van der Waals surface area contributed by atoms with Crippen LogP contribution in [0.15, 0.2) is 18.2 Å². The van der Waals surface area contributed by atoms with E-state index < -0.39 is 11.9 Å². The molecule has 106 valence electrons. The maximum absolute atomic E-state index is 10.9. The molecule has 1 aromatic rings. The number of ether oxygens (including phenoxy) is 1. The number of phenolic OH excluding ortho intramolecular Hbond substituents is 1. The average molecular weight is 267 g/mol. The van der Waals surface area contributed by atoms with Crippen molar-refractivity contribution >= 4 is 5.97 Å². The van der Waals surface area contributed by atoms with Gasteiger partial charge in [-0.05, 0) is 24.7 Å². The molecule has 2 N–H and O–H groups in total. The zero-order chi connectivity index (χ0) is 14.4. The van der Waals surface area contributed by atoms with Gasteiger partial charge in [0.1, 0.15) is 11.5 Å². The van der Waals surface area contributed by atoms with Crippen LogP contribution in [0.1, 0.15) is 19.4 Å². The SMILES string of the molecule is CCN(Cc1cc(OC)ccc1O)CC(C)C(=O)O. The van der Waals surface area contributed by atoms with E-state index in [1.165, 1.54) is 0 Å². The van der Waals surface area contributed by atoms with Crippen molar-refractivity contribution in [3.8, 4) is 11.5 Å². The lowest BCUT2D eigenvalue weighted by atomic mass is 10.1. The topological polar surface area (TPSA) is 70.0 Å². The first-order valence-corrected chi connectivity index (χ1v) is 6.29. The molecular weight excluding hydrogens is 246 g/mol. The number of methoxy groups -OCH3 is 1. The fourth-order valence-electron chi connectivity index (χ4n) is 1.83. The maximum Gasteiger partial charge on any atom is 0.307 e. The van der Waals surface area contributed by atoms with Crippen molar-refractivity contribution < 1.29 is 19.7 Å². The lowest BCUT2D eigenvalue weighted by Gasteiger charge is -2.23. The minimum Gasteiger partial charge on any atom is -0.508 e. The van der Waals surface area contributed by atoms with Gasteiger partial charge in [-0.15, -0.1) is 0 Å². The Labute approximate surface area is 113 Å². The van der Waals surface area contributed by atoms with Crippen LogP contribution in [0.3, 0.4) is 0 Å². The number of aliphatic carboxylic acids is 1. The van der Waals surface area contributed by atoms with Crippen LogP contribution in [-0.2, 0) is 11.3 Å². The molecule has 1 unspecified atom stereocenters. The minimum absolute atomic E-state index is 0.197. The molecule has 0 aliphatic rings. The number of carbonyl (C=O) groups is 1.